The fraction of sp³-hybridized carbons (Fsp3) is 0.125. The summed E-state index contributed by atoms with van der Waals surface area (Å²) < 4.78 is 0. The van der Waals surface area contributed by atoms with Crippen LogP contribution in [0, 0.1) is 6.26 Å². The molecule has 63 valence electrons. The molecule has 0 atom stereocenters. The molecule has 0 N–H and O–H groups in total. The quantitative estimate of drug-likeness (QED) is 0.610. The van der Waals surface area contributed by atoms with E-state index in [-0.39, 0.29) is 32.7 Å². The van der Waals surface area contributed by atoms with E-state index in [1.807, 2.05) is 18.2 Å². The molecule has 0 unspecified atom stereocenters. The minimum absolute atomic E-state index is 0. The van der Waals surface area contributed by atoms with Crippen molar-refractivity contribution in [3.05, 3.63) is 41.1 Å². The van der Waals surface area contributed by atoms with Crippen LogP contribution in [-0.4, -0.2) is 0 Å². The van der Waals surface area contributed by atoms with Crippen LogP contribution in [0.4, 0.5) is 0 Å². The first-order valence-electron chi connectivity index (χ1n) is 3.11. The van der Waals surface area contributed by atoms with E-state index in [9.17, 15) is 0 Å². The van der Waals surface area contributed by atoms with Gasteiger partial charge in [0.1, 0.15) is 0 Å². The van der Waals surface area contributed by atoms with Crippen molar-refractivity contribution in [3.8, 4) is 0 Å². The summed E-state index contributed by atoms with van der Waals surface area (Å²) in [5.41, 5.74) is 1.25. The summed E-state index contributed by atoms with van der Waals surface area (Å²) in [6.45, 7) is 0. The van der Waals surface area contributed by atoms with E-state index >= 15 is 0 Å². The van der Waals surface area contributed by atoms with Crippen LogP contribution in [0.1, 0.15) is 5.56 Å². The van der Waals surface area contributed by atoms with Gasteiger partial charge in [-0.25, -0.2) is 0 Å². The van der Waals surface area contributed by atoms with Crippen LogP contribution >= 0.6 is 33.2 Å². The fourth-order valence-electron chi connectivity index (χ4n) is 0.736. The van der Waals surface area contributed by atoms with E-state index < -0.39 is 0 Å². The maximum atomic E-state index is 5.79. The molecular formula is C8H8ClS2Y-. The fourth-order valence-corrected chi connectivity index (χ4v) is 2.01. The van der Waals surface area contributed by atoms with Crippen molar-refractivity contribution in [1.29, 1.82) is 0 Å². The zero-order valence-electron chi connectivity index (χ0n) is 6.50. The standard InChI is InChI=1S/C8H8ClS2.Y/c1-10-11-6-7-3-2-4-8(9)5-7;/h2-5H,1,6H2;/q-1;. The van der Waals surface area contributed by atoms with Gasteiger partial charge >= 0.3 is 0 Å². The summed E-state index contributed by atoms with van der Waals surface area (Å²) in [4.78, 5) is 0. The third-order valence-electron chi connectivity index (χ3n) is 1.20. The van der Waals surface area contributed by atoms with Gasteiger partial charge in [-0.3, -0.25) is 17.0 Å². The van der Waals surface area contributed by atoms with Gasteiger partial charge in [-0.15, -0.1) is 10.8 Å². The zero-order valence-corrected chi connectivity index (χ0v) is 11.7. The van der Waals surface area contributed by atoms with E-state index in [2.05, 4.69) is 12.3 Å². The Morgan fingerprint density at radius 3 is 2.75 bits per heavy atom. The van der Waals surface area contributed by atoms with E-state index in [0.29, 0.717) is 0 Å². The van der Waals surface area contributed by atoms with Crippen molar-refractivity contribution in [2.75, 3.05) is 0 Å². The van der Waals surface area contributed by atoms with Crippen molar-refractivity contribution in [2.45, 2.75) is 5.75 Å². The van der Waals surface area contributed by atoms with E-state index in [4.69, 9.17) is 11.6 Å². The Kier molecular flexibility index (Phi) is 8.54. The van der Waals surface area contributed by atoms with Gasteiger partial charge in [0.2, 0.25) is 0 Å². The molecule has 0 aromatic heterocycles. The molecule has 0 amide bonds. The molecule has 0 fully saturated rings. The molecule has 1 aromatic carbocycles. The van der Waals surface area contributed by atoms with Crippen LogP contribution < -0.4 is 0 Å². The third-order valence-corrected chi connectivity index (χ3v) is 2.90. The summed E-state index contributed by atoms with van der Waals surface area (Å²) >= 11 is 5.79. The Balaban J connectivity index is 0.00000121. The Labute approximate surface area is 111 Å². The Hall–Kier alpha value is 1.31. The number of hydrogen-bond acceptors (Lipinski definition) is 2. The van der Waals surface area contributed by atoms with Gasteiger partial charge in [-0.05, 0) is 17.7 Å². The minimum Gasteiger partial charge on any atom is -0.286 e. The van der Waals surface area contributed by atoms with Gasteiger partial charge < -0.3 is 0 Å². The van der Waals surface area contributed by atoms with Gasteiger partial charge in [-0.2, -0.15) is 0 Å². The average molecular weight is 293 g/mol. The normalized spacial score (nSPS) is 9.17. The second-order valence-electron chi connectivity index (χ2n) is 2.01. The van der Waals surface area contributed by atoms with Gasteiger partial charge in [0.05, 0.1) is 0 Å². The second-order valence-corrected chi connectivity index (χ2v) is 4.62. The van der Waals surface area contributed by atoms with Gasteiger partial charge in [0, 0.05) is 43.5 Å². The van der Waals surface area contributed by atoms with Crippen LogP contribution in [0.15, 0.2) is 24.3 Å². The van der Waals surface area contributed by atoms with Crippen molar-refractivity contribution in [2.24, 2.45) is 0 Å². The molecule has 0 aliphatic heterocycles. The van der Waals surface area contributed by atoms with E-state index in [0.717, 1.165) is 10.8 Å². The zero-order chi connectivity index (χ0) is 8.10. The average Bonchev–Trinajstić information content (AvgIpc) is 2.01. The van der Waals surface area contributed by atoms with Crippen molar-refractivity contribution in [1.82, 2.24) is 0 Å². The Morgan fingerprint density at radius 1 is 1.42 bits per heavy atom. The smallest absolute Gasteiger partial charge is 0.0409 e. The van der Waals surface area contributed by atoms with Crippen molar-refractivity contribution < 1.29 is 32.7 Å². The molecule has 1 radical (unpaired) electrons. The van der Waals surface area contributed by atoms with E-state index in [1.165, 1.54) is 16.4 Å². The van der Waals surface area contributed by atoms with Crippen LogP contribution in [0.5, 0.6) is 0 Å². The number of hydrogen-bond donors (Lipinski definition) is 0. The topological polar surface area (TPSA) is 0 Å². The second kappa shape index (κ2) is 7.69. The maximum Gasteiger partial charge on any atom is 0.0409 e. The molecule has 1 aromatic rings. The molecule has 0 aliphatic carbocycles. The van der Waals surface area contributed by atoms with Crippen LogP contribution in [0.25, 0.3) is 0 Å². The first kappa shape index (κ1) is 13.3. The molecule has 0 heterocycles. The largest absolute Gasteiger partial charge is 0.286 e. The molecule has 0 spiro atoms. The molecule has 0 nitrogen and oxygen atoms in total. The Morgan fingerprint density at radius 2 is 2.17 bits per heavy atom. The minimum atomic E-state index is 0. The maximum absolute atomic E-state index is 5.79. The van der Waals surface area contributed by atoms with Gasteiger partial charge in [-0.1, -0.05) is 23.7 Å². The number of halogens is 1. The Bertz CT molecular complexity index is 230. The van der Waals surface area contributed by atoms with Crippen molar-refractivity contribution >= 4 is 33.2 Å². The summed E-state index contributed by atoms with van der Waals surface area (Å²) in [6.07, 6.45) is 3.67. The summed E-state index contributed by atoms with van der Waals surface area (Å²) in [6, 6.07) is 7.89. The molecule has 4 heteroatoms. The number of rotatable bonds is 3. The van der Waals surface area contributed by atoms with Crippen molar-refractivity contribution in [3.63, 3.8) is 0 Å². The molecule has 12 heavy (non-hydrogen) atoms. The van der Waals surface area contributed by atoms with Gasteiger partial charge in [0.25, 0.3) is 0 Å². The van der Waals surface area contributed by atoms with Crippen LogP contribution in [-0.2, 0) is 38.5 Å². The predicted molar refractivity (Wildman–Crippen MR) is 55.7 cm³/mol. The summed E-state index contributed by atoms with van der Waals surface area (Å²) in [5.74, 6) is 0.967. The molecule has 0 bridgehead atoms. The monoisotopic (exact) mass is 292 g/mol. The summed E-state index contributed by atoms with van der Waals surface area (Å²) in [7, 11) is 3.24. The first-order valence-corrected chi connectivity index (χ1v) is 5.97. The molecule has 0 saturated carbocycles. The SMILES string of the molecule is [CH2-]SSCc1cccc(Cl)c1.[Y]. The van der Waals surface area contributed by atoms with Crippen LogP contribution in [0.3, 0.4) is 0 Å². The molecule has 0 aliphatic rings. The van der Waals surface area contributed by atoms with Gasteiger partial charge in [0.15, 0.2) is 0 Å². The predicted octanol–water partition coefficient (Wildman–Crippen LogP) is 4.01. The molecular weight excluding hydrogens is 285 g/mol. The number of benzene rings is 1. The molecule has 0 saturated heterocycles. The van der Waals surface area contributed by atoms with E-state index in [1.54, 1.807) is 10.8 Å². The molecule has 1 rings (SSSR count). The van der Waals surface area contributed by atoms with Crippen LogP contribution in [0.2, 0.25) is 5.02 Å². The first-order chi connectivity index (χ1) is 5.33. The third kappa shape index (κ3) is 5.13. The summed E-state index contributed by atoms with van der Waals surface area (Å²) in [5, 5.41) is 0.803.